The number of hydrogen-bond donors (Lipinski definition) is 2. The molecule has 1 aromatic carbocycles. The zero-order valence-corrected chi connectivity index (χ0v) is 14.6. The highest BCUT2D eigenvalue weighted by Gasteiger charge is 2.38. The molecule has 3 atom stereocenters. The fraction of sp³-hybridized carbons (Fsp3) is 0.579. The van der Waals surface area contributed by atoms with Gasteiger partial charge in [0, 0.05) is 25.0 Å². The number of hydrogen-bond acceptors (Lipinski definition) is 3. The Labute approximate surface area is 147 Å². The number of benzene rings is 1. The normalized spacial score (nSPS) is 24.8. The summed E-state index contributed by atoms with van der Waals surface area (Å²) in [5.41, 5.74) is 6.24. The molecular weight excluding hydrogens is 321 g/mol. The number of amides is 2. The molecule has 0 unspecified atom stereocenters. The number of nitrogens with one attached hydrogen (secondary N) is 1. The first-order chi connectivity index (χ1) is 12.0. The first kappa shape index (κ1) is 17.9. The molecule has 1 saturated carbocycles. The first-order valence-electron chi connectivity index (χ1n) is 9.09. The lowest BCUT2D eigenvalue weighted by molar-refractivity contribution is -0.135. The average molecular weight is 347 g/mol. The number of primary amides is 1. The molecule has 3 rings (SSSR count). The molecule has 0 bridgehead atoms. The lowest BCUT2D eigenvalue weighted by Crippen LogP contribution is -2.53. The van der Waals surface area contributed by atoms with Crippen LogP contribution in [0.15, 0.2) is 24.3 Å². The van der Waals surface area contributed by atoms with E-state index in [4.69, 9.17) is 5.73 Å². The summed E-state index contributed by atoms with van der Waals surface area (Å²) >= 11 is 0. The van der Waals surface area contributed by atoms with Gasteiger partial charge in [0.2, 0.25) is 11.8 Å². The molecule has 1 aliphatic carbocycles. The highest BCUT2D eigenvalue weighted by Crippen LogP contribution is 2.33. The summed E-state index contributed by atoms with van der Waals surface area (Å²) in [5.74, 6) is -0.0246. The van der Waals surface area contributed by atoms with E-state index in [2.05, 4.69) is 12.2 Å². The van der Waals surface area contributed by atoms with Crippen LogP contribution in [-0.2, 0) is 9.59 Å². The molecule has 0 aromatic heterocycles. The average Bonchev–Trinajstić information content (AvgIpc) is 3.45. The van der Waals surface area contributed by atoms with E-state index in [0.717, 1.165) is 32.2 Å². The van der Waals surface area contributed by atoms with Gasteiger partial charge in [0.1, 0.15) is 11.9 Å². The molecule has 2 amide bonds. The van der Waals surface area contributed by atoms with Crippen LogP contribution in [-0.4, -0.2) is 35.8 Å². The second kappa shape index (κ2) is 7.52. The lowest BCUT2D eigenvalue weighted by Gasteiger charge is -2.40. The molecule has 0 radical (unpaired) electrons. The quantitative estimate of drug-likeness (QED) is 0.826. The zero-order chi connectivity index (χ0) is 18.0. The van der Waals surface area contributed by atoms with Crippen molar-refractivity contribution in [1.82, 2.24) is 10.2 Å². The number of halogens is 1. The van der Waals surface area contributed by atoms with Crippen molar-refractivity contribution in [3.8, 4) is 0 Å². The van der Waals surface area contributed by atoms with Gasteiger partial charge in [-0.2, -0.15) is 0 Å². The SMILES string of the molecule is CC[C@@H]1CN(C(=O)C2CC2)CC[C@H]1N[C@@H](C(N)=O)c1ccc(F)cc1. The molecule has 2 fully saturated rings. The van der Waals surface area contributed by atoms with E-state index in [-0.39, 0.29) is 29.6 Å². The zero-order valence-electron chi connectivity index (χ0n) is 14.6. The molecule has 3 N–H and O–H groups in total. The Morgan fingerprint density at radius 1 is 1.28 bits per heavy atom. The van der Waals surface area contributed by atoms with Crippen LogP contribution in [0.5, 0.6) is 0 Å². The molecule has 5 nitrogen and oxygen atoms in total. The van der Waals surface area contributed by atoms with Crippen molar-refractivity contribution in [2.24, 2.45) is 17.6 Å². The van der Waals surface area contributed by atoms with Gasteiger partial charge in [0.25, 0.3) is 0 Å². The number of carbonyl (C=O) groups excluding carboxylic acids is 2. The van der Waals surface area contributed by atoms with Crippen LogP contribution >= 0.6 is 0 Å². The van der Waals surface area contributed by atoms with E-state index in [1.807, 2.05) is 4.90 Å². The summed E-state index contributed by atoms with van der Waals surface area (Å²) in [5, 5.41) is 3.36. The summed E-state index contributed by atoms with van der Waals surface area (Å²) in [6.07, 6.45) is 3.74. The minimum atomic E-state index is -0.648. The molecular formula is C19H26FN3O2. The van der Waals surface area contributed by atoms with Crippen molar-refractivity contribution >= 4 is 11.8 Å². The van der Waals surface area contributed by atoms with Gasteiger partial charge in [-0.25, -0.2) is 4.39 Å². The van der Waals surface area contributed by atoms with Crippen molar-refractivity contribution in [2.75, 3.05) is 13.1 Å². The first-order valence-corrected chi connectivity index (χ1v) is 9.09. The predicted octanol–water partition coefficient (Wildman–Crippen LogP) is 1.98. The van der Waals surface area contributed by atoms with Crippen molar-refractivity contribution in [2.45, 2.75) is 44.7 Å². The Morgan fingerprint density at radius 3 is 2.52 bits per heavy atom. The predicted molar refractivity (Wildman–Crippen MR) is 93.0 cm³/mol. The van der Waals surface area contributed by atoms with Gasteiger partial charge in [0.15, 0.2) is 0 Å². The van der Waals surface area contributed by atoms with Gasteiger partial charge in [-0.3, -0.25) is 14.9 Å². The number of piperidine rings is 1. The van der Waals surface area contributed by atoms with E-state index in [0.29, 0.717) is 12.1 Å². The molecule has 1 aliphatic heterocycles. The van der Waals surface area contributed by atoms with Gasteiger partial charge in [-0.05, 0) is 42.9 Å². The maximum absolute atomic E-state index is 13.1. The van der Waals surface area contributed by atoms with Crippen molar-refractivity contribution in [3.05, 3.63) is 35.6 Å². The Bertz CT molecular complexity index is 630. The van der Waals surface area contributed by atoms with Crippen LogP contribution in [0.4, 0.5) is 4.39 Å². The van der Waals surface area contributed by atoms with E-state index in [1.54, 1.807) is 12.1 Å². The van der Waals surface area contributed by atoms with Crippen LogP contribution in [0, 0.1) is 17.7 Å². The van der Waals surface area contributed by atoms with Gasteiger partial charge in [-0.1, -0.05) is 25.5 Å². The Morgan fingerprint density at radius 2 is 1.96 bits per heavy atom. The second-order valence-electron chi connectivity index (χ2n) is 7.18. The fourth-order valence-corrected chi connectivity index (χ4v) is 3.67. The minimum absolute atomic E-state index is 0.107. The molecule has 6 heteroatoms. The van der Waals surface area contributed by atoms with Gasteiger partial charge < -0.3 is 10.6 Å². The maximum atomic E-state index is 13.1. The van der Waals surface area contributed by atoms with E-state index < -0.39 is 11.9 Å². The summed E-state index contributed by atoms with van der Waals surface area (Å²) in [6, 6.07) is 5.30. The van der Waals surface area contributed by atoms with Crippen molar-refractivity contribution < 1.29 is 14.0 Å². The number of nitrogens with two attached hydrogens (primary N) is 1. The Kier molecular flexibility index (Phi) is 5.37. The van der Waals surface area contributed by atoms with Crippen LogP contribution in [0.3, 0.4) is 0 Å². The number of rotatable bonds is 6. The molecule has 1 heterocycles. The lowest BCUT2D eigenvalue weighted by atomic mass is 9.88. The van der Waals surface area contributed by atoms with Gasteiger partial charge >= 0.3 is 0 Å². The molecule has 1 aromatic rings. The molecule has 136 valence electrons. The van der Waals surface area contributed by atoms with E-state index >= 15 is 0 Å². The van der Waals surface area contributed by atoms with Crippen molar-refractivity contribution in [1.29, 1.82) is 0 Å². The van der Waals surface area contributed by atoms with Crippen LogP contribution in [0.25, 0.3) is 0 Å². The molecule has 1 saturated heterocycles. The summed E-state index contributed by atoms with van der Waals surface area (Å²) < 4.78 is 13.1. The monoisotopic (exact) mass is 347 g/mol. The summed E-state index contributed by atoms with van der Waals surface area (Å²) in [7, 11) is 0. The Balaban J connectivity index is 1.68. The van der Waals surface area contributed by atoms with Crippen LogP contribution < -0.4 is 11.1 Å². The molecule has 25 heavy (non-hydrogen) atoms. The molecule has 2 aliphatic rings. The smallest absolute Gasteiger partial charge is 0.239 e. The van der Waals surface area contributed by atoms with Gasteiger partial charge in [-0.15, -0.1) is 0 Å². The maximum Gasteiger partial charge on any atom is 0.239 e. The van der Waals surface area contributed by atoms with Crippen LogP contribution in [0.2, 0.25) is 0 Å². The van der Waals surface area contributed by atoms with Crippen molar-refractivity contribution in [3.63, 3.8) is 0 Å². The second-order valence-corrected chi connectivity index (χ2v) is 7.18. The topological polar surface area (TPSA) is 75.4 Å². The summed E-state index contributed by atoms with van der Waals surface area (Å²) in [6.45, 7) is 3.53. The third kappa shape index (κ3) is 4.18. The summed E-state index contributed by atoms with van der Waals surface area (Å²) in [4.78, 5) is 26.2. The fourth-order valence-electron chi connectivity index (χ4n) is 3.67. The molecule has 0 spiro atoms. The van der Waals surface area contributed by atoms with E-state index in [1.165, 1.54) is 12.1 Å². The number of likely N-dealkylation sites (tertiary alicyclic amines) is 1. The third-order valence-electron chi connectivity index (χ3n) is 5.37. The standard InChI is InChI=1S/C19H26FN3O2/c1-2-12-11-23(19(25)14-3-4-14)10-9-16(12)22-17(18(21)24)13-5-7-15(20)8-6-13/h5-8,12,14,16-17,22H,2-4,9-11H2,1H3,(H2,21,24)/t12-,16-,17-/m1/s1. The highest BCUT2D eigenvalue weighted by molar-refractivity contribution is 5.82. The van der Waals surface area contributed by atoms with E-state index in [9.17, 15) is 14.0 Å². The third-order valence-corrected chi connectivity index (χ3v) is 5.37. The van der Waals surface area contributed by atoms with Crippen LogP contribution in [0.1, 0.15) is 44.2 Å². The van der Waals surface area contributed by atoms with Gasteiger partial charge in [0.05, 0.1) is 0 Å². The minimum Gasteiger partial charge on any atom is -0.368 e. The highest BCUT2D eigenvalue weighted by atomic mass is 19.1. The Hall–Kier alpha value is -1.95. The number of nitrogens with zero attached hydrogens (tertiary/aromatic N) is 1. The number of carbonyl (C=O) groups is 2. The largest absolute Gasteiger partial charge is 0.368 e.